The Kier molecular flexibility index (Phi) is 3.77. The Bertz CT molecular complexity index is 725. The van der Waals surface area contributed by atoms with E-state index in [1.165, 1.54) is 21.6 Å². The summed E-state index contributed by atoms with van der Waals surface area (Å²) in [5, 5.41) is 0. The van der Waals surface area contributed by atoms with Gasteiger partial charge in [-0.1, -0.05) is 26.0 Å². The molecule has 1 heterocycles. The molecule has 0 spiro atoms. The molecule has 0 aliphatic heterocycles. The van der Waals surface area contributed by atoms with Gasteiger partial charge < -0.3 is 0 Å². The van der Waals surface area contributed by atoms with Gasteiger partial charge in [0.1, 0.15) is 0 Å². The van der Waals surface area contributed by atoms with Crippen LogP contribution in [0.15, 0.2) is 24.3 Å². The van der Waals surface area contributed by atoms with E-state index in [9.17, 15) is 9.59 Å². The first-order chi connectivity index (χ1) is 10.1. The minimum atomic E-state index is 0.191. The van der Waals surface area contributed by atoms with Crippen LogP contribution in [0.25, 0.3) is 10.4 Å². The largest absolute Gasteiger partial charge is 0.294 e. The van der Waals surface area contributed by atoms with E-state index < -0.39 is 0 Å². The van der Waals surface area contributed by atoms with Gasteiger partial charge in [-0.05, 0) is 41.7 Å². The first-order valence-electron chi connectivity index (χ1n) is 7.46. The molecule has 0 radical (unpaired) electrons. The second-order valence-electron chi connectivity index (χ2n) is 5.39. The number of Topliss-reactive ketones (excluding diaryl/α,β-unsaturated/α-hetero) is 2. The number of carbonyl (C=O) groups is 2. The topological polar surface area (TPSA) is 34.1 Å². The molecule has 108 valence electrons. The Hall–Kier alpha value is -1.74. The maximum absolute atomic E-state index is 11.9. The van der Waals surface area contributed by atoms with Gasteiger partial charge in [0.2, 0.25) is 0 Å². The third-order valence-corrected chi connectivity index (χ3v) is 5.31. The van der Waals surface area contributed by atoms with E-state index in [4.69, 9.17) is 0 Å². The van der Waals surface area contributed by atoms with Gasteiger partial charge in [0, 0.05) is 23.3 Å². The summed E-state index contributed by atoms with van der Waals surface area (Å²) in [5.74, 6) is 0.408. The molecule has 3 rings (SSSR count). The van der Waals surface area contributed by atoms with E-state index in [0.717, 1.165) is 23.3 Å². The predicted molar refractivity (Wildman–Crippen MR) is 86.4 cm³/mol. The number of benzene rings is 1. The highest BCUT2D eigenvalue weighted by Gasteiger charge is 2.21. The summed E-state index contributed by atoms with van der Waals surface area (Å²) in [6, 6.07) is 8.05. The Morgan fingerprint density at radius 1 is 1.00 bits per heavy atom. The third-order valence-electron chi connectivity index (χ3n) is 4.06. The van der Waals surface area contributed by atoms with Crippen molar-refractivity contribution >= 4 is 22.9 Å². The fourth-order valence-electron chi connectivity index (χ4n) is 2.82. The quantitative estimate of drug-likeness (QED) is 0.767. The van der Waals surface area contributed by atoms with Crippen molar-refractivity contribution in [2.75, 3.05) is 0 Å². The Labute approximate surface area is 128 Å². The molecule has 0 N–H and O–H groups in total. The summed E-state index contributed by atoms with van der Waals surface area (Å²) in [4.78, 5) is 25.8. The fourth-order valence-corrected chi connectivity index (χ4v) is 4.10. The molecule has 21 heavy (non-hydrogen) atoms. The van der Waals surface area contributed by atoms with Gasteiger partial charge in [-0.2, -0.15) is 0 Å². The molecule has 1 aromatic heterocycles. The van der Waals surface area contributed by atoms with E-state index >= 15 is 0 Å². The second kappa shape index (κ2) is 5.57. The number of thiophene rings is 1. The van der Waals surface area contributed by atoms with Gasteiger partial charge in [0.15, 0.2) is 11.6 Å². The number of hydrogen-bond donors (Lipinski definition) is 0. The van der Waals surface area contributed by atoms with Crippen LogP contribution >= 0.6 is 11.3 Å². The standard InChI is InChI=1S/C18H18O2S/c1-3-15(19)12-7-8-14-11(9-12)5-6-13-10-17(16(20)4-2)21-18(13)14/h7-10H,3-6H2,1-2H3. The molecule has 0 bridgehead atoms. The van der Waals surface area contributed by atoms with Gasteiger partial charge in [-0.25, -0.2) is 0 Å². The average molecular weight is 298 g/mol. The van der Waals surface area contributed by atoms with Crippen LogP contribution in [0.3, 0.4) is 0 Å². The SMILES string of the molecule is CCC(=O)c1ccc2c(c1)CCc1cc(C(=O)CC)sc1-2. The van der Waals surface area contributed by atoms with Gasteiger partial charge in [0.25, 0.3) is 0 Å². The summed E-state index contributed by atoms with van der Waals surface area (Å²) in [5.41, 5.74) is 4.52. The first kappa shape index (κ1) is 14.2. The molecule has 3 heteroatoms. The number of carbonyl (C=O) groups excluding carboxylic acids is 2. The van der Waals surface area contributed by atoms with Crippen LogP contribution in [0.2, 0.25) is 0 Å². The molecule has 1 aromatic carbocycles. The Morgan fingerprint density at radius 2 is 1.71 bits per heavy atom. The summed E-state index contributed by atoms with van der Waals surface area (Å²) in [6.45, 7) is 3.79. The summed E-state index contributed by atoms with van der Waals surface area (Å²) >= 11 is 1.60. The number of rotatable bonds is 4. The maximum atomic E-state index is 11.9. The maximum Gasteiger partial charge on any atom is 0.172 e. The number of hydrogen-bond acceptors (Lipinski definition) is 3. The van der Waals surface area contributed by atoms with Crippen LogP contribution in [0.1, 0.15) is 57.8 Å². The van der Waals surface area contributed by atoms with Crippen LogP contribution < -0.4 is 0 Å². The van der Waals surface area contributed by atoms with Gasteiger partial charge in [0.05, 0.1) is 4.88 Å². The van der Waals surface area contributed by atoms with Gasteiger partial charge in [-0.15, -0.1) is 11.3 Å². The number of fused-ring (bicyclic) bond motifs is 3. The zero-order valence-electron chi connectivity index (χ0n) is 12.4. The Balaban J connectivity index is 2.05. The van der Waals surface area contributed by atoms with Crippen molar-refractivity contribution < 1.29 is 9.59 Å². The van der Waals surface area contributed by atoms with Crippen molar-refractivity contribution in [1.82, 2.24) is 0 Å². The molecular formula is C18H18O2S. The van der Waals surface area contributed by atoms with Crippen LogP contribution in [0.5, 0.6) is 0 Å². The first-order valence-corrected chi connectivity index (χ1v) is 8.28. The summed E-state index contributed by atoms with van der Waals surface area (Å²) in [6.07, 6.45) is 3.00. The lowest BCUT2D eigenvalue weighted by Crippen LogP contribution is -2.04. The van der Waals surface area contributed by atoms with Crippen LogP contribution in [0.4, 0.5) is 0 Å². The van der Waals surface area contributed by atoms with Gasteiger partial charge in [-0.3, -0.25) is 9.59 Å². The highest BCUT2D eigenvalue weighted by Crippen LogP contribution is 2.40. The van der Waals surface area contributed by atoms with Crippen molar-refractivity contribution in [3.05, 3.63) is 45.8 Å². The molecule has 0 atom stereocenters. The van der Waals surface area contributed by atoms with E-state index in [2.05, 4.69) is 6.07 Å². The minimum absolute atomic E-state index is 0.191. The summed E-state index contributed by atoms with van der Waals surface area (Å²) < 4.78 is 0. The lowest BCUT2D eigenvalue weighted by atomic mass is 9.89. The molecule has 0 saturated carbocycles. The van der Waals surface area contributed by atoms with Crippen molar-refractivity contribution in [2.24, 2.45) is 0 Å². The minimum Gasteiger partial charge on any atom is -0.294 e. The molecule has 0 fully saturated rings. The highest BCUT2D eigenvalue weighted by atomic mass is 32.1. The third kappa shape index (κ3) is 2.46. The van der Waals surface area contributed by atoms with Crippen molar-refractivity contribution in [1.29, 1.82) is 0 Å². The zero-order chi connectivity index (χ0) is 15.0. The van der Waals surface area contributed by atoms with E-state index in [-0.39, 0.29) is 11.6 Å². The highest BCUT2D eigenvalue weighted by molar-refractivity contribution is 7.17. The molecule has 0 unspecified atom stereocenters. The molecule has 2 aromatic rings. The normalized spacial score (nSPS) is 12.7. The molecule has 0 saturated heterocycles. The lowest BCUT2D eigenvalue weighted by molar-refractivity contribution is 0.0982. The second-order valence-corrected chi connectivity index (χ2v) is 6.44. The van der Waals surface area contributed by atoms with Gasteiger partial charge >= 0.3 is 0 Å². The fraction of sp³-hybridized carbons (Fsp3) is 0.333. The lowest BCUT2D eigenvalue weighted by Gasteiger charge is -2.16. The van der Waals surface area contributed by atoms with E-state index in [1.807, 2.05) is 32.0 Å². The van der Waals surface area contributed by atoms with Crippen molar-refractivity contribution in [3.8, 4) is 10.4 Å². The molecule has 0 amide bonds. The smallest absolute Gasteiger partial charge is 0.172 e. The van der Waals surface area contributed by atoms with Crippen LogP contribution in [0, 0.1) is 0 Å². The van der Waals surface area contributed by atoms with E-state index in [1.54, 1.807) is 11.3 Å². The monoisotopic (exact) mass is 298 g/mol. The number of aryl methyl sites for hydroxylation is 2. The average Bonchev–Trinajstić information content (AvgIpc) is 2.97. The van der Waals surface area contributed by atoms with Crippen LogP contribution in [-0.2, 0) is 12.8 Å². The Morgan fingerprint density at radius 3 is 2.43 bits per heavy atom. The van der Waals surface area contributed by atoms with Crippen molar-refractivity contribution in [2.45, 2.75) is 39.5 Å². The van der Waals surface area contributed by atoms with Crippen molar-refractivity contribution in [3.63, 3.8) is 0 Å². The molecular weight excluding hydrogens is 280 g/mol. The molecule has 2 nitrogen and oxygen atoms in total. The molecule has 1 aliphatic carbocycles. The van der Waals surface area contributed by atoms with E-state index in [0.29, 0.717) is 12.8 Å². The molecule has 1 aliphatic rings. The zero-order valence-corrected chi connectivity index (χ0v) is 13.2. The summed E-state index contributed by atoms with van der Waals surface area (Å²) in [7, 11) is 0. The number of ketones is 2. The predicted octanol–water partition coefficient (Wildman–Crippen LogP) is 4.70. The van der Waals surface area contributed by atoms with Crippen LogP contribution in [-0.4, -0.2) is 11.6 Å².